The van der Waals surface area contributed by atoms with Crippen molar-refractivity contribution in [1.82, 2.24) is 20.3 Å². The van der Waals surface area contributed by atoms with Crippen molar-refractivity contribution >= 4 is 24.2 Å². The molecule has 0 unspecified atom stereocenters. The van der Waals surface area contributed by atoms with Crippen LogP contribution in [0.15, 0.2) is 40.9 Å². The number of likely N-dealkylation sites (tertiary alicyclic amines) is 1. The van der Waals surface area contributed by atoms with Crippen LogP contribution in [0.25, 0.3) is 11.3 Å². The summed E-state index contributed by atoms with van der Waals surface area (Å²) >= 11 is 0. The molecule has 38 heavy (non-hydrogen) atoms. The fraction of sp³-hybridized carbons (Fsp3) is 0.621. The van der Waals surface area contributed by atoms with Crippen LogP contribution in [0.5, 0.6) is 0 Å². The van der Waals surface area contributed by atoms with E-state index in [1.807, 2.05) is 41.3 Å². The smallest absolute Gasteiger partial charge is 0.246 e. The van der Waals surface area contributed by atoms with E-state index in [2.05, 4.69) is 22.3 Å². The van der Waals surface area contributed by atoms with Gasteiger partial charge in [0.05, 0.1) is 12.1 Å². The lowest BCUT2D eigenvalue weighted by atomic mass is 9.77. The summed E-state index contributed by atoms with van der Waals surface area (Å²) in [7, 11) is 0. The van der Waals surface area contributed by atoms with Gasteiger partial charge in [0.1, 0.15) is 17.3 Å². The van der Waals surface area contributed by atoms with Crippen LogP contribution < -0.4 is 5.32 Å². The van der Waals surface area contributed by atoms with Gasteiger partial charge in [0.2, 0.25) is 11.8 Å². The van der Waals surface area contributed by atoms with Crippen LogP contribution in [0.2, 0.25) is 0 Å². The number of piperidine rings is 1. The fourth-order valence-corrected chi connectivity index (χ4v) is 6.38. The van der Waals surface area contributed by atoms with Gasteiger partial charge in [0.25, 0.3) is 0 Å². The molecule has 0 radical (unpaired) electrons. The third kappa shape index (κ3) is 5.92. The molecule has 3 aliphatic rings. The molecular weight excluding hydrogens is 504 g/mol. The topological polar surface area (TPSA) is 98.9 Å². The van der Waals surface area contributed by atoms with Crippen LogP contribution in [-0.4, -0.2) is 68.7 Å². The van der Waals surface area contributed by atoms with Gasteiger partial charge in [-0.25, -0.2) is 0 Å². The number of hydrogen-bond donors (Lipinski definition) is 2. The molecule has 2 aliphatic heterocycles. The zero-order chi connectivity index (χ0) is 25.9. The summed E-state index contributed by atoms with van der Waals surface area (Å²) < 4.78 is 5.61. The number of aromatic nitrogens is 1. The molecule has 208 valence electrons. The summed E-state index contributed by atoms with van der Waals surface area (Å²) in [4.78, 5) is 31.5. The zero-order valence-corrected chi connectivity index (χ0v) is 23.2. The molecule has 1 aromatic carbocycles. The maximum absolute atomic E-state index is 13.7. The molecule has 1 aromatic heterocycles. The Balaban J connectivity index is 0.00000336. The number of halogens is 1. The summed E-state index contributed by atoms with van der Waals surface area (Å²) in [5.41, 5.74) is 0.167. The normalized spacial score (nSPS) is 23.2. The summed E-state index contributed by atoms with van der Waals surface area (Å²) in [5.74, 6) is 0.712. The third-order valence-electron chi connectivity index (χ3n) is 8.60. The van der Waals surface area contributed by atoms with Crippen LogP contribution in [0, 0.1) is 0 Å². The molecule has 9 heteroatoms. The van der Waals surface area contributed by atoms with Crippen LogP contribution in [0.1, 0.15) is 76.9 Å². The minimum atomic E-state index is -0.855. The number of piperazine rings is 1. The van der Waals surface area contributed by atoms with E-state index in [0.717, 1.165) is 49.1 Å². The molecule has 2 saturated heterocycles. The van der Waals surface area contributed by atoms with Crippen LogP contribution in [-0.2, 0) is 16.1 Å². The highest BCUT2D eigenvalue weighted by Gasteiger charge is 2.54. The van der Waals surface area contributed by atoms with Gasteiger partial charge in [-0.05, 0) is 32.1 Å². The van der Waals surface area contributed by atoms with E-state index in [-0.39, 0.29) is 24.2 Å². The average molecular weight is 545 g/mol. The standard InChI is InChI=1S/C29H40N4O4.ClH/c1-2-3-16-33-26(34)25(20-28(36)12-8-5-9-13-28)30-27(35)29(33)14-17-32(18-15-29)21-23-19-24(31-37-23)22-10-6-4-7-11-22;/h4,6-7,10-11,19,25,36H,2-3,5,8-9,12-18,20-21H2,1H3,(H,30,35);1H/t25-;/m1./s1. The molecule has 1 saturated carbocycles. The van der Waals surface area contributed by atoms with Crippen molar-refractivity contribution in [3.05, 3.63) is 42.2 Å². The first-order valence-electron chi connectivity index (χ1n) is 14.0. The van der Waals surface area contributed by atoms with Gasteiger partial charge < -0.3 is 19.8 Å². The van der Waals surface area contributed by atoms with Crippen molar-refractivity contribution in [3.8, 4) is 11.3 Å². The summed E-state index contributed by atoms with van der Waals surface area (Å²) in [6.45, 7) is 4.70. The molecule has 2 aromatic rings. The predicted molar refractivity (Wildman–Crippen MR) is 148 cm³/mol. The molecule has 1 aliphatic carbocycles. The molecule has 1 atom stereocenters. The van der Waals surface area contributed by atoms with Crippen molar-refractivity contribution in [3.63, 3.8) is 0 Å². The first-order chi connectivity index (χ1) is 17.9. The summed E-state index contributed by atoms with van der Waals surface area (Å²) in [6.07, 6.45) is 7.79. The van der Waals surface area contributed by atoms with E-state index in [4.69, 9.17) is 4.52 Å². The first-order valence-corrected chi connectivity index (χ1v) is 14.0. The Labute approximate surface area is 231 Å². The lowest BCUT2D eigenvalue weighted by Gasteiger charge is -2.52. The molecule has 8 nitrogen and oxygen atoms in total. The second-order valence-corrected chi connectivity index (χ2v) is 11.2. The van der Waals surface area contributed by atoms with Gasteiger partial charge in [-0.15, -0.1) is 12.4 Å². The maximum Gasteiger partial charge on any atom is 0.246 e. The van der Waals surface area contributed by atoms with Crippen molar-refractivity contribution in [2.24, 2.45) is 0 Å². The molecule has 2 amide bonds. The molecule has 1 spiro atoms. The van der Waals surface area contributed by atoms with Gasteiger partial charge in [-0.3, -0.25) is 14.5 Å². The third-order valence-corrected chi connectivity index (χ3v) is 8.60. The maximum atomic E-state index is 13.7. The SMILES string of the molecule is CCCCN1C(=O)[C@@H](CC2(O)CCCCC2)NC(=O)C12CCN(Cc1cc(-c3ccccc3)no1)CC2.Cl. The Kier molecular flexibility index (Phi) is 9.16. The molecule has 5 rings (SSSR count). The Morgan fingerprint density at radius 2 is 1.79 bits per heavy atom. The number of aliphatic hydroxyl groups is 1. The highest BCUT2D eigenvalue weighted by Crippen LogP contribution is 2.37. The van der Waals surface area contributed by atoms with E-state index >= 15 is 0 Å². The summed E-state index contributed by atoms with van der Waals surface area (Å²) in [5, 5.41) is 18.4. The lowest BCUT2D eigenvalue weighted by Crippen LogP contribution is -2.73. The van der Waals surface area contributed by atoms with Crippen LogP contribution in [0.4, 0.5) is 0 Å². The fourth-order valence-electron chi connectivity index (χ4n) is 6.38. The summed E-state index contributed by atoms with van der Waals surface area (Å²) in [6, 6.07) is 11.3. The number of hydrogen-bond acceptors (Lipinski definition) is 6. The van der Waals surface area contributed by atoms with E-state index < -0.39 is 17.2 Å². The zero-order valence-electron chi connectivity index (χ0n) is 22.4. The number of rotatable bonds is 8. The van der Waals surface area contributed by atoms with Crippen molar-refractivity contribution < 1.29 is 19.2 Å². The second kappa shape index (κ2) is 12.2. The molecule has 3 heterocycles. The number of carbonyl (C=O) groups is 2. The Bertz CT molecular complexity index is 1080. The Morgan fingerprint density at radius 1 is 1.08 bits per heavy atom. The first kappa shape index (κ1) is 28.6. The van der Waals surface area contributed by atoms with E-state index in [0.29, 0.717) is 58.3 Å². The Hall–Kier alpha value is -2.42. The van der Waals surface area contributed by atoms with Crippen molar-refractivity contribution in [2.45, 2.75) is 94.9 Å². The molecule has 2 N–H and O–H groups in total. The van der Waals surface area contributed by atoms with Gasteiger partial charge in [0.15, 0.2) is 5.76 Å². The Morgan fingerprint density at radius 3 is 2.47 bits per heavy atom. The van der Waals surface area contributed by atoms with Crippen LogP contribution in [0.3, 0.4) is 0 Å². The van der Waals surface area contributed by atoms with Crippen molar-refractivity contribution in [2.75, 3.05) is 19.6 Å². The average Bonchev–Trinajstić information content (AvgIpc) is 3.38. The molecule has 3 fully saturated rings. The van der Waals surface area contributed by atoms with Gasteiger partial charge >= 0.3 is 0 Å². The number of amides is 2. The van der Waals surface area contributed by atoms with Gasteiger partial charge in [-0.2, -0.15) is 0 Å². The number of carbonyl (C=O) groups excluding carboxylic acids is 2. The van der Waals surface area contributed by atoms with Crippen molar-refractivity contribution in [1.29, 1.82) is 0 Å². The number of nitrogens with one attached hydrogen (secondary N) is 1. The van der Waals surface area contributed by atoms with E-state index in [1.165, 1.54) is 0 Å². The lowest BCUT2D eigenvalue weighted by molar-refractivity contribution is -0.163. The molecular formula is C29H41ClN4O4. The minimum Gasteiger partial charge on any atom is -0.390 e. The minimum absolute atomic E-state index is 0. The number of nitrogens with zero attached hydrogens (tertiary/aromatic N) is 3. The highest BCUT2D eigenvalue weighted by molar-refractivity contribution is 6.00. The van der Waals surface area contributed by atoms with E-state index in [9.17, 15) is 14.7 Å². The van der Waals surface area contributed by atoms with Gasteiger partial charge in [0, 0.05) is 37.7 Å². The van der Waals surface area contributed by atoms with Gasteiger partial charge in [-0.1, -0.05) is 68.1 Å². The molecule has 0 bridgehead atoms. The number of benzene rings is 1. The predicted octanol–water partition coefficient (Wildman–Crippen LogP) is 4.31. The number of unbranched alkanes of at least 4 members (excludes halogenated alkanes) is 1. The van der Waals surface area contributed by atoms with E-state index in [1.54, 1.807) is 0 Å². The van der Waals surface area contributed by atoms with Crippen LogP contribution >= 0.6 is 12.4 Å². The second-order valence-electron chi connectivity index (χ2n) is 11.2. The largest absolute Gasteiger partial charge is 0.390 e. The quantitative estimate of drug-likeness (QED) is 0.514. The highest BCUT2D eigenvalue weighted by atomic mass is 35.5. The monoisotopic (exact) mass is 544 g/mol.